The van der Waals surface area contributed by atoms with Gasteiger partial charge in [-0.2, -0.15) is 0 Å². The third-order valence-corrected chi connectivity index (χ3v) is 5.35. The number of aliphatic hydroxyl groups excluding tert-OH is 1. The van der Waals surface area contributed by atoms with Gasteiger partial charge >= 0.3 is 0 Å². The standard InChI is InChI=1S/C12H19NO2Si/c1-16(2,3)11-8-4-5-9(8)12(15)13-10(11)6-7-14/h14H,4-7H2,1-3H3,(H,13,15). The van der Waals surface area contributed by atoms with E-state index in [-0.39, 0.29) is 12.2 Å². The average Bonchev–Trinajstić information content (AvgIpc) is 2.07. The van der Waals surface area contributed by atoms with Crippen molar-refractivity contribution in [2.24, 2.45) is 0 Å². The molecule has 2 N–H and O–H groups in total. The zero-order valence-corrected chi connectivity index (χ0v) is 11.2. The second-order valence-electron chi connectivity index (χ2n) is 5.49. The van der Waals surface area contributed by atoms with Crippen molar-refractivity contribution in [1.82, 2.24) is 4.98 Å². The van der Waals surface area contributed by atoms with Crippen molar-refractivity contribution < 1.29 is 5.11 Å². The Morgan fingerprint density at radius 1 is 1.25 bits per heavy atom. The summed E-state index contributed by atoms with van der Waals surface area (Å²) in [5, 5.41) is 10.4. The molecule has 0 spiro atoms. The molecular weight excluding hydrogens is 218 g/mol. The van der Waals surface area contributed by atoms with Crippen LogP contribution in [0.5, 0.6) is 0 Å². The molecule has 1 heterocycles. The van der Waals surface area contributed by atoms with E-state index in [0.29, 0.717) is 6.42 Å². The highest BCUT2D eigenvalue weighted by molar-refractivity contribution is 6.89. The van der Waals surface area contributed by atoms with Gasteiger partial charge in [0.2, 0.25) is 0 Å². The lowest BCUT2D eigenvalue weighted by atomic mass is 9.89. The Bertz CT molecular complexity index is 471. The van der Waals surface area contributed by atoms with E-state index in [1.54, 1.807) is 0 Å². The first-order valence-electron chi connectivity index (χ1n) is 5.83. The van der Waals surface area contributed by atoms with Gasteiger partial charge in [-0.3, -0.25) is 4.79 Å². The van der Waals surface area contributed by atoms with E-state index in [1.807, 2.05) is 0 Å². The number of aliphatic hydroxyl groups is 1. The molecule has 0 saturated heterocycles. The maximum absolute atomic E-state index is 11.7. The summed E-state index contributed by atoms with van der Waals surface area (Å²) in [4.78, 5) is 14.7. The Hall–Kier alpha value is -0.873. The summed E-state index contributed by atoms with van der Waals surface area (Å²) in [5.74, 6) is 0. The number of hydrogen-bond donors (Lipinski definition) is 2. The van der Waals surface area contributed by atoms with Gasteiger partial charge in [-0.05, 0) is 23.6 Å². The van der Waals surface area contributed by atoms with Crippen molar-refractivity contribution in [1.29, 1.82) is 0 Å². The van der Waals surface area contributed by atoms with Crippen molar-refractivity contribution in [3.63, 3.8) is 0 Å². The van der Waals surface area contributed by atoms with Crippen LogP contribution in [-0.2, 0) is 19.3 Å². The molecule has 0 fully saturated rings. The predicted octanol–water partition coefficient (Wildman–Crippen LogP) is 0.553. The molecule has 0 aromatic carbocycles. The summed E-state index contributed by atoms with van der Waals surface area (Å²) in [6.45, 7) is 6.98. The monoisotopic (exact) mass is 237 g/mol. The number of aromatic amines is 1. The third kappa shape index (κ3) is 1.76. The van der Waals surface area contributed by atoms with Crippen molar-refractivity contribution in [2.75, 3.05) is 6.61 Å². The summed E-state index contributed by atoms with van der Waals surface area (Å²) in [7, 11) is -1.44. The summed E-state index contributed by atoms with van der Waals surface area (Å²) in [6.07, 6.45) is 2.53. The van der Waals surface area contributed by atoms with E-state index in [1.165, 1.54) is 10.8 Å². The average molecular weight is 237 g/mol. The maximum atomic E-state index is 11.7. The fourth-order valence-electron chi connectivity index (χ4n) is 2.56. The van der Waals surface area contributed by atoms with E-state index in [2.05, 4.69) is 24.6 Å². The SMILES string of the molecule is C[Si](C)(C)c1c(CCO)[nH]c(=O)c2c1CC2. The lowest BCUT2D eigenvalue weighted by molar-refractivity contribution is 0.298. The number of hydrogen-bond acceptors (Lipinski definition) is 2. The third-order valence-electron chi connectivity index (χ3n) is 3.24. The van der Waals surface area contributed by atoms with E-state index >= 15 is 0 Å². The van der Waals surface area contributed by atoms with Crippen LogP contribution in [0.2, 0.25) is 19.6 Å². The topological polar surface area (TPSA) is 53.1 Å². The van der Waals surface area contributed by atoms with Crippen LogP contribution in [0.4, 0.5) is 0 Å². The molecule has 1 aliphatic carbocycles. The largest absolute Gasteiger partial charge is 0.396 e. The Morgan fingerprint density at radius 2 is 1.88 bits per heavy atom. The minimum Gasteiger partial charge on any atom is -0.396 e. The molecule has 1 aromatic rings. The van der Waals surface area contributed by atoms with Crippen LogP contribution < -0.4 is 10.7 Å². The second-order valence-corrected chi connectivity index (χ2v) is 10.5. The molecule has 1 aliphatic rings. The summed E-state index contributed by atoms with van der Waals surface area (Å²) < 4.78 is 0. The zero-order chi connectivity index (χ0) is 11.9. The normalized spacial score (nSPS) is 14.5. The van der Waals surface area contributed by atoms with E-state index in [4.69, 9.17) is 5.11 Å². The van der Waals surface area contributed by atoms with Crippen molar-refractivity contribution in [2.45, 2.75) is 38.9 Å². The van der Waals surface area contributed by atoms with Gasteiger partial charge in [-0.15, -0.1) is 0 Å². The summed E-state index contributed by atoms with van der Waals surface area (Å²) in [6, 6.07) is 0. The highest BCUT2D eigenvalue weighted by Gasteiger charge is 2.30. The molecule has 0 atom stereocenters. The Balaban J connectivity index is 2.64. The number of fused-ring (bicyclic) bond motifs is 1. The van der Waals surface area contributed by atoms with Crippen LogP contribution in [0.1, 0.15) is 16.8 Å². The van der Waals surface area contributed by atoms with Crippen LogP contribution >= 0.6 is 0 Å². The lowest BCUT2D eigenvalue weighted by Gasteiger charge is -2.30. The van der Waals surface area contributed by atoms with Crippen molar-refractivity contribution >= 4 is 13.3 Å². The van der Waals surface area contributed by atoms with E-state index in [9.17, 15) is 4.79 Å². The molecule has 1 aromatic heterocycles. The van der Waals surface area contributed by atoms with Gasteiger partial charge in [-0.25, -0.2) is 0 Å². The first kappa shape index (κ1) is 11.6. The first-order chi connectivity index (χ1) is 7.45. The van der Waals surface area contributed by atoms with Crippen LogP contribution in [0.15, 0.2) is 4.79 Å². The Kier molecular flexibility index (Phi) is 2.80. The molecule has 16 heavy (non-hydrogen) atoms. The number of pyridine rings is 1. The number of H-pyrrole nitrogens is 1. The lowest BCUT2D eigenvalue weighted by Crippen LogP contribution is -2.49. The molecule has 0 radical (unpaired) electrons. The van der Waals surface area contributed by atoms with Gasteiger partial charge in [0.1, 0.15) is 0 Å². The van der Waals surface area contributed by atoms with E-state index in [0.717, 1.165) is 24.1 Å². The quantitative estimate of drug-likeness (QED) is 0.755. The van der Waals surface area contributed by atoms with Crippen LogP contribution in [0, 0.1) is 0 Å². The Labute approximate surface area is 96.5 Å². The molecule has 3 nitrogen and oxygen atoms in total. The van der Waals surface area contributed by atoms with Gasteiger partial charge in [-0.1, -0.05) is 19.6 Å². The first-order valence-corrected chi connectivity index (χ1v) is 9.33. The molecule has 0 aliphatic heterocycles. The molecule has 2 rings (SSSR count). The smallest absolute Gasteiger partial charge is 0.251 e. The molecule has 4 heteroatoms. The predicted molar refractivity (Wildman–Crippen MR) is 68.2 cm³/mol. The van der Waals surface area contributed by atoms with Crippen LogP contribution in [0.3, 0.4) is 0 Å². The molecule has 0 unspecified atom stereocenters. The summed E-state index contributed by atoms with van der Waals surface area (Å²) in [5.41, 5.74) is 3.31. The van der Waals surface area contributed by atoms with E-state index < -0.39 is 8.07 Å². The van der Waals surface area contributed by atoms with Gasteiger partial charge < -0.3 is 10.1 Å². The van der Waals surface area contributed by atoms with Crippen LogP contribution in [0.25, 0.3) is 0 Å². The van der Waals surface area contributed by atoms with Crippen molar-refractivity contribution in [3.8, 4) is 0 Å². The summed E-state index contributed by atoms with van der Waals surface area (Å²) >= 11 is 0. The van der Waals surface area contributed by atoms with Gasteiger partial charge in [0.15, 0.2) is 0 Å². The number of rotatable bonds is 3. The van der Waals surface area contributed by atoms with Gasteiger partial charge in [0.25, 0.3) is 5.56 Å². The fourth-order valence-corrected chi connectivity index (χ4v) is 4.84. The highest BCUT2D eigenvalue weighted by atomic mass is 28.3. The second kappa shape index (κ2) is 3.86. The highest BCUT2D eigenvalue weighted by Crippen LogP contribution is 2.21. The van der Waals surface area contributed by atoms with Crippen molar-refractivity contribution in [3.05, 3.63) is 27.2 Å². The molecule has 0 bridgehead atoms. The van der Waals surface area contributed by atoms with Crippen LogP contribution in [-0.4, -0.2) is 24.8 Å². The molecular formula is C12H19NO2Si. The molecule has 88 valence electrons. The molecule has 0 saturated carbocycles. The van der Waals surface area contributed by atoms with Gasteiger partial charge in [0.05, 0.1) is 8.07 Å². The number of nitrogens with one attached hydrogen (secondary N) is 1. The maximum Gasteiger partial charge on any atom is 0.251 e. The fraction of sp³-hybridized carbons (Fsp3) is 0.583. The van der Waals surface area contributed by atoms with Gasteiger partial charge in [0, 0.05) is 24.3 Å². The number of aromatic nitrogens is 1. The zero-order valence-electron chi connectivity index (χ0n) is 10.2. The minimum absolute atomic E-state index is 0.0618. The molecule has 0 amide bonds. The minimum atomic E-state index is -1.44. The Morgan fingerprint density at radius 3 is 2.31 bits per heavy atom.